The van der Waals surface area contributed by atoms with E-state index in [1.807, 2.05) is 19.9 Å². The Kier molecular flexibility index (Phi) is 14.1. The highest BCUT2D eigenvalue weighted by Crippen LogP contribution is 2.47. The second-order valence-electron chi connectivity index (χ2n) is 14.0. The highest BCUT2D eigenvalue weighted by Gasteiger charge is 2.50. The molecule has 3 aliphatic rings. The average Bonchev–Trinajstić information content (AvgIpc) is 3.51. The summed E-state index contributed by atoms with van der Waals surface area (Å²) in [4.78, 5) is 47.1. The molecule has 0 radical (unpaired) electrons. The lowest BCUT2D eigenvalue weighted by molar-refractivity contribution is -0.161. The van der Waals surface area contributed by atoms with Crippen molar-refractivity contribution in [1.82, 2.24) is 9.62 Å². The van der Waals surface area contributed by atoms with Crippen molar-refractivity contribution >= 4 is 68.0 Å². The fraction of sp³-hybridized carbons (Fsp3) is 0.459. The predicted molar refractivity (Wildman–Crippen MR) is 214 cm³/mol. The number of allylic oxidation sites excluding steroid dienone is 3. The molecule has 2 heterocycles. The molecule has 1 aliphatic carbocycles. The maximum absolute atomic E-state index is 13.4. The van der Waals surface area contributed by atoms with Crippen LogP contribution < -0.4 is 15.8 Å². The first-order chi connectivity index (χ1) is 25.7. The summed E-state index contributed by atoms with van der Waals surface area (Å²) in [6, 6.07) is 2.06. The number of β-lactam (4-membered cyclic amide) rings is 1. The lowest BCUT2D eigenvalue weighted by Gasteiger charge is -2.38. The molecule has 298 valence electrons. The summed E-state index contributed by atoms with van der Waals surface area (Å²) < 4.78 is 40.6. The van der Waals surface area contributed by atoms with Gasteiger partial charge in [-0.25, -0.2) is 9.79 Å². The average molecular weight is 818 g/mol. The van der Waals surface area contributed by atoms with Crippen LogP contribution in [0.2, 0.25) is 0 Å². The van der Waals surface area contributed by atoms with Gasteiger partial charge in [-0.1, -0.05) is 66.6 Å². The largest absolute Gasteiger partial charge is 0.507 e. The zero-order valence-corrected chi connectivity index (χ0v) is 33.8. The van der Waals surface area contributed by atoms with Crippen molar-refractivity contribution in [3.05, 3.63) is 70.6 Å². The first-order valence-electron chi connectivity index (χ1n) is 17.6. The summed E-state index contributed by atoms with van der Waals surface area (Å²) in [6.07, 6.45) is 10.4. The fourth-order valence-corrected chi connectivity index (χ4v) is 7.85. The van der Waals surface area contributed by atoms with E-state index in [0.717, 1.165) is 55.0 Å². The molecule has 3 atom stereocenters. The number of oxime groups is 1. The summed E-state index contributed by atoms with van der Waals surface area (Å²) in [5, 5.41) is 26.9. The number of aliphatic carboxylic acids is 1. The number of carbonyl (C=O) groups excluding carboxylic acids is 2. The van der Waals surface area contributed by atoms with Crippen molar-refractivity contribution in [2.45, 2.75) is 97.1 Å². The van der Waals surface area contributed by atoms with Gasteiger partial charge in [0.05, 0.1) is 11.4 Å². The molecule has 15 nitrogen and oxygen atoms in total. The van der Waals surface area contributed by atoms with Crippen molar-refractivity contribution in [1.29, 1.82) is 0 Å². The maximum Gasteiger partial charge on any atom is 0.366 e. The number of rotatable bonds is 16. The van der Waals surface area contributed by atoms with Crippen LogP contribution in [-0.2, 0) is 35.9 Å². The Morgan fingerprint density at radius 1 is 1.29 bits per heavy atom. The van der Waals surface area contributed by atoms with Gasteiger partial charge in [0.25, 0.3) is 11.8 Å². The van der Waals surface area contributed by atoms with Gasteiger partial charge in [-0.3, -0.25) is 14.1 Å². The first-order valence-corrected chi connectivity index (χ1v) is 20.4. The summed E-state index contributed by atoms with van der Waals surface area (Å²) >= 11 is 6.56. The van der Waals surface area contributed by atoms with Crippen molar-refractivity contribution in [3.63, 3.8) is 0 Å². The van der Waals surface area contributed by atoms with Crippen molar-refractivity contribution < 1.29 is 47.1 Å². The van der Waals surface area contributed by atoms with Crippen LogP contribution in [0.15, 0.2) is 69.6 Å². The van der Waals surface area contributed by atoms with Crippen LogP contribution >= 0.6 is 24.0 Å². The molecular weight excluding hydrogens is 771 g/mol. The number of unbranched alkanes of at least 4 members (excludes halogenated alkanes) is 2. The number of amidine groups is 1. The Morgan fingerprint density at radius 3 is 2.60 bits per heavy atom. The highest BCUT2D eigenvalue weighted by atomic mass is 32.2. The smallest absolute Gasteiger partial charge is 0.366 e. The first kappa shape index (κ1) is 43.2. The number of thioether (sulfide) groups is 1. The van der Waals surface area contributed by atoms with Gasteiger partial charge in [0.2, 0.25) is 9.98 Å². The predicted octanol–water partition coefficient (Wildman–Crippen LogP) is 5.43. The monoisotopic (exact) mass is 817 g/mol. The Balaban J connectivity index is 1.59. The van der Waals surface area contributed by atoms with Crippen LogP contribution in [0.4, 0.5) is 0 Å². The lowest BCUT2D eigenvalue weighted by Crippen LogP contribution is -2.64. The van der Waals surface area contributed by atoms with Gasteiger partial charge >= 0.3 is 16.3 Å². The Bertz CT molecular complexity index is 2020. The van der Waals surface area contributed by atoms with E-state index in [2.05, 4.69) is 35.0 Å². The molecule has 0 aromatic heterocycles. The number of hydrogen-bond donors (Lipinski definition) is 5. The second kappa shape index (κ2) is 18.0. The molecule has 55 heavy (non-hydrogen) atoms. The minimum absolute atomic E-state index is 0.0208. The van der Waals surface area contributed by atoms with Gasteiger partial charge in [0.1, 0.15) is 17.3 Å². The van der Waals surface area contributed by atoms with Gasteiger partial charge in [-0.2, -0.15) is 12.7 Å². The van der Waals surface area contributed by atoms with Crippen LogP contribution in [0.3, 0.4) is 0 Å². The molecular formula is C37H47N5O10S3. The number of nitrogens with two attached hydrogens (primary N) is 1. The number of nitrogens with zero attached hydrogens (tertiary/aromatic N) is 3. The number of aromatic hydroxyl groups is 1. The number of phenolic OH excluding ortho intramolecular Hbond substituents is 1. The number of aliphatic imine (C=N–C) groups is 1. The molecule has 6 N–H and O–H groups in total. The summed E-state index contributed by atoms with van der Waals surface area (Å²) in [5.74, 6) is -3.27. The Morgan fingerprint density at radius 2 is 2.00 bits per heavy atom. The summed E-state index contributed by atoms with van der Waals surface area (Å²) in [5.41, 5.74) is 6.61. The highest BCUT2D eigenvalue weighted by molar-refractivity contribution is 8.22. The van der Waals surface area contributed by atoms with Gasteiger partial charge < -0.3 is 30.8 Å². The number of amides is 2. The maximum atomic E-state index is 13.4. The number of ether oxygens (including phenoxy) is 1. The number of benzene rings is 1. The zero-order chi connectivity index (χ0) is 40.8. The normalized spacial score (nSPS) is 21.0. The number of carbonyl (C=O) groups is 3. The standard InChI is InChI=1S/C37H47N5O10S3/c1-7-8-9-10-22-18-27(43)30(24-17-21(4)11-12-23(24)20(2)3)28(19-22)51-36(53)54-16-15-26-32(34(45)42(26)55(48,49)50)40-33(44)31(25-13-14-29(38)39-25)41-52-37(5,6)35(46)47/h13,15,17-19,23-24,32,43H,2,7-12,14,16H2,1,3-6H3,(H2,38,39)(H,40,44)(H,46,47)(H,48,49,50)/b26-15+,41-31-/t23-,24+,32-/m0/s1. The zero-order valence-electron chi connectivity index (χ0n) is 31.3. The number of phenols is 1. The summed E-state index contributed by atoms with van der Waals surface area (Å²) in [7, 11) is -5.09. The topological polar surface area (TPSA) is 231 Å². The van der Waals surface area contributed by atoms with Crippen LogP contribution in [0.1, 0.15) is 90.2 Å². The molecule has 2 amide bonds. The molecule has 0 saturated carbocycles. The minimum Gasteiger partial charge on any atom is -0.507 e. The fourth-order valence-electron chi connectivity index (χ4n) is 6.24. The number of hydrogen-bond acceptors (Lipinski definition) is 13. The quantitative estimate of drug-likeness (QED) is 0.0267. The second-order valence-corrected chi connectivity index (χ2v) is 16.9. The van der Waals surface area contributed by atoms with E-state index in [1.165, 1.54) is 31.6 Å². The molecule has 1 fully saturated rings. The van der Waals surface area contributed by atoms with Gasteiger partial charge in [-0.15, -0.1) is 0 Å². The third-order valence-electron chi connectivity index (χ3n) is 9.24. The number of carboxylic acid groups (broad SMARTS) is 1. The Hall–Kier alpha value is -4.52. The molecule has 1 saturated heterocycles. The van der Waals surface area contributed by atoms with Crippen molar-refractivity contribution in [2.24, 2.45) is 21.8 Å². The lowest BCUT2D eigenvalue weighted by atomic mass is 9.73. The summed E-state index contributed by atoms with van der Waals surface area (Å²) in [6.45, 7) is 12.7. The third-order valence-corrected chi connectivity index (χ3v) is 11.2. The SMILES string of the molecule is C=C(C)[C@@H]1CCC(C)=C[C@H]1c1c(O)cc(CCCCC)cc1OC(=S)SC/C=C1\[C@H](NC(=O)/C(=N\OC(C)(C)C(=O)O)C2=CCC(N)=N2)C(=O)N1S(=O)(=O)O. The van der Waals surface area contributed by atoms with Crippen LogP contribution in [-0.4, -0.2) is 78.6 Å². The number of carboxylic acids is 1. The number of nitrogens with one attached hydrogen (secondary N) is 1. The number of thiocarbonyl (C=S) groups is 1. The van der Waals surface area contributed by atoms with Gasteiger partial charge in [-0.05, 0) is 95.3 Å². The third kappa shape index (κ3) is 10.6. The van der Waals surface area contributed by atoms with E-state index in [1.54, 1.807) is 6.07 Å². The van der Waals surface area contributed by atoms with Crippen LogP contribution in [0.25, 0.3) is 0 Å². The van der Waals surface area contributed by atoms with Crippen LogP contribution in [0.5, 0.6) is 11.5 Å². The molecule has 1 aromatic carbocycles. The molecule has 2 aliphatic heterocycles. The van der Waals surface area contributed by atoms with E-state index < -0.39 is 45.4 Å². The molecule has 0 bridgehead atoms. The molecule has 4 rings (SSSR count). The van der Waals surface area contributed by atoms with E-state index in [-0.39, 0.29) is 55.7 Å². The Labute approximate surface area is 330 Å². The molecule has 18 heteroatoms. The van der Waals surface area contributed by atoms with E-state index in [9.17, 15) is 37.6 Å². The molecule has 1 aromatic rings. The van der Waals surface area contributed by atoms with Crippen LogP contribution in [0, 0.1) is 5.92 Å². The molecule has 0 spiro atoms. The minimum atomic E-state index is -5.09. The van der Waals surface area contributed by atoms with Gasteiger partial charge in [0.15, 0.2) is 11.8 Å². The van der Waals surface area contributed by atoms with E-state index >= 15 is 0 Å². The van der Waals surface area contributed by atoms with E-state index in [4.69, 9.17) is 27.5 Å². The van der Waals surface area contributed by atoms with Crippen molar-refractivity contribution in [2.75, 3.05) is 5.75 Å². The number of aryl methyl sites for hydroxylation is 1. The van der Waals surface area contributed by atoms with Crippen molar-refractivity contribution in [3.8, 4) is 11.5 Å². The molecule has 0 unspecified atom stereocenters. The van der Waals surface area contributed by atoms with Gasteiger partial charge in [0, 0.05) is 23.7 Å². The van der Waals surface area contributed by atoms with E-state index in [0.29, 0.717) is 17.7 Å².